The highest BCUT2D eigenvalue weighted by Gasteiger charge is 2.31. The molecule has 0 saturated carbocycles. The van der Waals surface area contributed by atoms with Crippen molar-refractivity contribution in [2.45, 2.75) is 11.8 Å². The number of amidine groups is 1. The van der Waals surface area contributed by atoms with Crippen molar-refractivity contribution in [3.8, 4) is 5.75 Å². The van der Waals surface area contributed by atoms with Crippen LogP contribution in [0.25, 0.3) is 0 Å². The summed E-state index contributed by atoms with van der Waals surface area (Å²) in [6.07, 6.45) is 0. The van der Waals surface area contributed by atoms with Crippen LogP contribution in [0.2, 0.25) is 0 Å². The molecule has 2 aromatic rings. The molecule has 0 saturated heterocycles. The molecule has 1 N–H and O–H groups in total. The topological polar surface area (TPSA) is 70.0 Å². The molecule has 0 aliphatic carbocycles. The number of benzene rings is 2. The molecule has 0 spiro atoms. The summed E-state index contributed by atoms with van der Waals surface area (Å²) in [7, 11) is -3.62. The van der Waals surface area contributed by atoms with E-state index >= 15 is 0 Å². The number of phenols is 1. The maximum Gasteiger partial charge on any atom is 0.265 e. The fourth-order valence-corrected chi connectivity index (χ4v) is 3.80. The van der Waals surface area contributed by atoms with E-state index in [1.807, 2.05) is 6.92 Å². The zero-order valence-corrected chi connectivity index (χ0v) is 12.9. The fraction of sp³-hybridized carbons (Fsp3) is 0.188. The van der Waals surface area contributed by atoms with Gasteiger partial charge in [0.05, 0.1) is 18.0 Å². The number of nitrogens with zero attached hydrogens (tertiary/aromatic N) is 2. The minimum Gasteiger partial charge on any atom is -0.508 e. The molecule has 0 unspecified atom stereocenters. The molecule has 0 amide bonds. The summed E-state index contributed by atoms with van der Waals surface area (Å²) in [5, 5.41) is 9.36. The third-order valence-electron chi connectivity index (χ3n) is 3.54. The molecule has 1 aliphatic heterocycles. The lowest BCUT2D eigenvalue weighted by atomic mass is 10.2. The Hall–Kier alpha value is -2.34. The van der Waals surface area contributed by atoms with E-state index in [-0.39, 0.29) is 10.6 Å². The summed E-state index contributed by atoms with van der Waals surface area (Å²) in [5.74, 6) is 0.552. The van der Waals surface area contributed by atoms with Gasteiger partial charge in [-0.2, -0.15) is 0 Å². The second-order valence-electron chi connectivity index (χ2n) is 5.14. The van der Waals surface area contributed by atoms with Gasteiger partial charge in [-0.3, -0.25) is 4.99 Å². The van der Waals surface area contributed by atoms with Gasteiger partial charge in [-0.05, 0) is 43.3 Å². The van der Waals surface area contributed by atoms with Crippen molar-refractivity contribution in [1.29, 1.82) is 0 Å². The quantitative estimate of drug-likeness (QED) is 0.943. The molecular weight excluding hydrogens is 300 g/mol. The maximum absolute atomic E-state index is 12.8. The largest absolute Gasteiger partial charge is 0.508 e. The summed E-state index contributed by atoms with van der Waals surface area (Å²) in [6, 6.07) is 13.1. The lowest BCUT2D eigenvalue weighted by Crippen LogP contribution is -2.34. The number of rotatable bonds is 3. The van der Waals surface area contributed by atoms with E-state index in [2.05, 4.69) is 4.99 Å². The van der Waals surface area contributed by atoms with E-state index in [1.54, 1.807) is 36.4 Å². The Balaban J connectivity index is 1.98. The van der Waals surface area contributed by atoms with E-state index < -0.39 is 10.0 Å². The summed E-state index contributed by atoms with van der Waals surface area (Å²) < 4.78 is 26.9. The molecule has 0 bridgehead atoms. The van der Waals surface area contributed by atoms with Crippen molar-refractivity contribution in [2.24, 2.45) is 4.99 Å². The molecule has 1 heterocycles. The van der Waals surface area contributed by atoms with Gasteiger partial charge in [0, 0.05) is 5.56 Å². The van der Waals surface area contributed by atoms with Crippen LogP contribution < -0.4 is 0 Å². The molecule has 0 fully saturated rings. The number of hydrogen-bond acceptors (Lipinski definition) is 4. The van der Waals surface area contributed by atoms with Gasteiger partial charge in [-0.1, -0.05) is 17.7 Å². The van der Waals surface area contributed by atoms with Crippen LogP contribution in [0.5, 0.6) is 5.75 Å². The third kappa shape index (κ3) is 2.57. The first-order valence-electron chi connectivity index (χ1n) is 6.92. The van der Waals surface area contributed by atoms with E-state index in [1.165, 1.54) is 16.4 Å². The van der Waals surface area contributed by atoms with E-state index in [9.17, 15) is 13.5 Å². The number of aryl methyl sites for hydroxylation is 1. The third-order valence-corrected chi connectivity index (χ3v) is 5.34. The van der Waals surface area contributed by atoms with Crippen LogP contribution in [0.3, 0.4) is 0 Å². The van der Waals surface area contributed by atoms with E-state index in [0.29, 0.717) is 24.5 Å². The number of hydrogen-bond donors (Lipinski definition) is 1. The maximum atomic E-state index is 12.8. The Labute approximate surface area is 129 Å². The average molecular weight is 316 g/mol. The molecule has 5 nitrogen and oxygen atoms in total. The minimum absolute atomic E-state index is 0.135. The molecule has 0 atom stereocenters. The van der Waals surface area contributed by atoms with Crippen molar-refractivity contribution < 1.29 is 13.5 Å². The number of phenolic OH excluding ortho intramolecular Hbond substituents is 1. The average Bonchev–Trinajstić information content (AvgIpc) is 2.99. The van der Waals surface area contributed by atoms with Crippen LogP contribution in [0.4, 0.5) is 0 Å². The van der Waals surface area contributed by atoms with Crippen molar-refractivity contribution in [1.82, 2.24) is 4.31 Å². The second kappa shape index (κ2) is 5.46. The molecule has 0 radical (unpaired) electrons. The minimum atomic E-state index is -3.62. The Bertz CT molecular complexity index is 809. The van der Waals surface area contributed by atoms with Crippen LogP contribution in [0.15, 0.2) is 58.4 Å². The highest BCUT2D eigenvalue weighted by molar-refractivity contribution is 7.89. The summed E-state index contributed by atoms with van der Waals surface area (Å²) in [4.78, 5) is 4.56. The second-order valence-corrected chi connectivity index (χ2v) is 7.00. The van der Waals surface area contributed by atoms with Crippen LogP contribution >= 0.6 is 0 Å². The molecular formula is C16H16N2O3S. The normalized spacial score (nSPS) is 15.0. The molecule has 0 aromatic heterocycles. The predicted molar refractivity (Wildman–Crippen MR) is 84.6 cm³/mol. The standard InChI is InChI=1S/C16H16N2O3S/c1-12-2-8-15(9-3-12)22(20,21)18-11-10-17-16(18)13-4-6-14(19)7-5-13/h2-9,19H,10-11H2,1H3. The zero-order chi connectivity index (χ0) is 15.7. The smallest absolute Gasteiger partial charge is 0.265 e. The van der Waals surface area contributed by atoms with Crippen molar-refractivity contribution in [2.75, 3.05) is 13.1 Å². The SMILES string of the molecule is Cc1ccc(S(=O)(=O)N2CCN=C2c2ccc(O)cc2)cc1. The Morgan fingerprint density at radius 1 is 1.05 bits per heavy atom. The number of aliphatic imine (C=N–C) groups is 1. The monoisotopic (exact) mass is 316 g/mol. The van der Waals surface area contributed by atoms with Gasteiger partial charge in [0.2, 0.25) is 0 Å². The van der Waals surface area contributed by atoms with Gasteiger partial charge < -0.3 is 5.11 Å². The van der Waals surface area contributed by atoms with Crippen LogP contribution in [-0.4, -0.2) is 36.8 Å². The molecule has 1 aliphatic rings. The lowest BCUT2D eigenvalue weighted by Gasteiger charge is -2.20. The van der Waals surface area contributed by atoms with Gasteiger partial charge in [-0.25, -0.2) is 12.7 Å². The fourth-order valence-electron chi connectivity index (χ4n) is 2.35. The summed E-state index contributed by atoms with van der Waals surface area (Å²) in [6.45, 7) is 2.67. The van der Waals surface area contributed by atoms with Gasteiger partial charge in [0.1, 0.15) is 11.6 Å². The van der Waals surface area contributed by atoms with Gasteiger partial charge in [0.25, 0.3) is 10.0 Å². The Morgan fingerprint density at radius 3 is 2.32 bits per heavy atom. The van der Waals surface area contributed by atoms with Crippen LogP contribution in [-0.2, 0) is 10.0 Å². The van der Waals surface area contributed by atoms with Crippen molar-refractivity contribution in [3.05, 3.63) is 59.7 Å². The zero-order valence-electron chi connectivity index (χ0n) is 12.1. The molecule has 22 heavy (non-hydrogen) atoms. The Morgan fingerprint density at radius 2 is 1.68 bits per heavy atom. The Kier molecular flexibility index (Phi) is 3.62. The highest BCUT2D eigenvalue weighted by atomic mass is 32.2. The number of aromatic hydroxyl groups is 1. The van der Waals surface area contributed by atoms with Crippen LogP contribution in [0, 0.1) is 6.92 Å². The van der Waals surface area contributed by atoms with Crippen molar-refractivity contribution in [3.63, 3.8) is 0 Å². The van der Waals surface area contributed by atoms with Crippen LogP contribution in [0.1, 0.15) is 11.1 Å². The molecule has 114 valence electrons. The van der Waals surface area contributed by atoms with Crippen molar-refractivity contribution >= 4 is 15.9 Å². The highest BCUT2D eigenvalue weighted by Crippen LogP contribution is 2.23. The first kappa shape index (κ1) is 14.6. The first-order chi connectivity index (χ1) is 10.5. The molecule has 2 aromatic carbocycles. The molecule has 3 rings (SSSR count). The van der Waals surface area contributed by atoms with E-state index in [4.69, 9.17) is 0 Å². The van der Waals surface area contributed by atoms with Gasteiger partial charge >= 0.3 is 0 Å². The summed E-state index contributed by atoms with van der Waals surface area (Å²) >= 11 is 0. The summed E-state index contributed by atoms with van der Waals surface area (Å²) in [5.41, 5.74) is 1.68. The predicted octanol–water partition coefficient (Wildman–Crippen LogP) is 2.15. The first-order valence-corrected chi connectivity index (χ1v) is 8.36. The van der Waals surface area contributed by atoms with Gasteiger partial charge in [0.15, 0.2) is 0 Å². The van der Waals surface area contributed by atoms with E-state index in [0.717, 1.165) is 5.56 Å². The lowest BCUT2D eigenvalue weighted by molar-refractivity contribution is 0.475. The van der Waals surface area contributed by atoms with Gasteiger partial charge in [-0.15, -0.1) is 0 Å². The molecule has 6 heteroatoms. The number of sulfonamides is 1.